The maximum absolute atomic E-state index is 13.5. The van der Waals surface area contributed by atoms with Crippen molar-refractivity contribution in [1.29, 1.82) is 0 Å². The minimum absolute atomic E-state index is 0.132. The van der Waals surface area contributed by atoms with Crippen LogP contribution in [0.2, 0.25) is 0 Å². The van der Waals surface area contributed by atoms with Gasteiger partial charge in [0.15, 0.2) is 5.16 Å². The maximum atomic E-state index is 13.5. The number of aryl methyl sites for hydroxylation is 2. The number of hydrogen-bond acceptors (Lipinski definition) is 6. The molecule has 2 aliphatic rings. The van der Waals surface area contributed by atoms with Gasteiger partial charge in [-0.05, 0) is 50.3 Å². The summed E-state index contributed by atoms with van der Waals surface area (Å²) in [4.78, 5) is 37.8. The summed E-state index contributed by atoms with van der Waals surface area (Å²) in [6, 6.07) is 7.42. The molecule has 7 nitrogen and oxygen atoms in total. The van der Waals surface area contributed by atoms with Crippen molar-refractivity contribution in [1.82, 2.24) is 19.4 Å². The predicted octanol–water partition coefficient (Wildman–Crippen LogP) is 3.93. The van der Waals surface area contributed by atoms with E-state index in [1.54, 1.807) is 24.0 Å². The Morgan fingerprint density at radius 2 is 2.09 bits per heavy atom. The van der Waals surface area contributed by atoms with Crippen molar-refractivity contribution < 1.29 is 9.53 Å². The lowest BCUT2D eigenvalue weighted by Crippen LogP contribution is -2.41. The van der Waals surface area contributed by atoms with E-state index in [9.17, 15) is 9.59 Å². The summed E-state index contributed by atoms with van der Waals surface area (Å²) in [6.07, 6.45) is 7.91. The van der Waals surface area contributed by atoms with E-state index < -0.39 is 0 Å². The highest BCUT2D eigenvalue weighted by Crippen LogP contribution is 2.30. The monoisotopic (exact) mass is 478 g/mol. The molecule has 2 aromatic heterocycles. The van der Waals surface area contributed by atoms with Crippen molar-refractivity contribution in [2.75, 3.05) is 25.4 Å². The zero-order valence-corrected chi connectivity index (χ0v) is 20.5. The molecule has 0 aliphatic carbocycles. The summed E-state index contributed by atoms with van der Waals surface area (Å²) < 4.78 is 7.58. The normalized spacial score (nSPS) is 20.7. The average Bonchev–Trinajstić information content (AvgIpc) is 3.39. The standard InChI is InChI=1S/C26H30N4O3S/c1-17-13-27-26(34-16-19-8-6-12-33-19)28-23(17)18-7-5-11-30(14-18)25(32)21-15-29(2)22-10-4-3-9-20(22)24(21)31/h3-4,9-10,13,15,18-19H,5-8,11-12,14,16H2,1-2H3. The van der Waals surface area contributed by atoms with Crippen LogP contribution >= 0.6 is 11.8 Å². The molecule has 178 valence electrons. The summed E-state index contributed by atoms with van der Waals surface area (Å²) in [5, 5.41) is 1.34. The van der Waals surface area contributed by atoms with Gasteiger partial charge in [-0.3, -0.25) is 9.59 Å². The number of aromatic nitrogens is 3. The Kier molecular flexibility index (Phi) is 6.70. The summed E-state index contributed by atoms with van der Waals surface area (Å²) in [5.74, 6) is 0.797. The number of rotatable bonds is 5. The number of carbonyl (C=O) groups excluding carboxylic acids is 1. The van der Waals surface area contributed by atoms with Crippen LogP contribution in [0.4, 0.5) is 0 Å². The van der Waals surface area contributed by atoms with Crippen LogP contribution in [-0.4, -0.2) is 56.9 Å². The van der Waals surface area contributed by atoms with Crippen LogP contribution in [0.5, 0.6) is 0 Å². The number of para-hydroxylation sites is 1. The van der Waals surface area contributed by atoms with Gasteiger partial charge in [0.25, 0.3) is 5.91 Å². The Morgan fingerprint density at radius 3 is 2.91 bits per heavy atom. The van der Waals surface area contributed by atoms with Crippen molar-refractivity contribution in [3.8, 4) is 0 Å². The molecule has 2 saturated heterocycles. The fourth-order valence-corrected chi connectivity index (χ4v) is 5.90. The smallest absolute Gasteiger partial charge is 0.259 e. The molecule has 0 bridgehead atoms. The van der Waals surface area contributed by atoms with Crippen molar-refractivity contribution in [3.05, 3.63) is 63.7 Å². The van der Waals surface area contributed by atoms with Crippen LogP contribution < -0.4 is 5.43 Å². The zero-order chi connectivity index (χ0) is 23.7. The number of likely N-dealkylation sites (tertiary alicyclic amines) is 1. The SMILES string of the molecule is Cc1cnc(SCC2CCCO2)nc1C1CCCN(C(=O)c2cn(C)c3ccccc3c2=O)C1. The van der Waals surface area contributed by atoms with Crippen LogP contribution in [0.3, 0.4) is 0 Å². The first-order valence-electron chi connectivity index (χ1n) is 12.0. The largest absolute Gasteiger partial charge is 0.377 e. The molecule has 8 heteroatoms. The van der Waals surface area contributed by atoms with Crippen molar-refractivity contribution in [2.24, 2.45) is 7.05 Å². The van der Waals surface area contributed by atoms with Gasteiger partial charge in [0.2, 0.25) is 5.43 Å². The Balaban J connectivity index is 1.35. The van der Waals surface area contributed by atoms with Crippen molar-refractivity contribution in [2.45, 2.75) is 49.8 Å². The molecule has 34 heavy (non-hydrogen) atoms. The molecule has 0 spiro atoms. The van der Waals surface area contributed by atoms with Crippen LogP contribution in [0.1, 0.15) is 53.2 Å². The number of piperidine rings is 1. The first-order valence-corrected chi connectivity index (χ1v) is 13.0. The summed E-state index contributed by atoms with van der Waals surface area (Å²) in [7, 11) is 1.87. The zero-order valence-electron chi connectivity index (χ0n) is 19.7. The number of ether oxygens (including phenoxy) is 1. The molecule has 3 aromatic rings. The third-order valence-electron chi connectivity index (χ3n) is 6.83. The Morgan fingerprint density at radius 1 is 1.24 bits per heavy atom. The van der Waals surface area contributed by atoms with Crippen LogP contribution in [0.25, 0.3) is 10.9 Å². The Bertz CT molecular complexity index is 1270. The number of fused-ring (bicyclic) bond motifs is 1. The van der Waals surface area contributed by atoms with E-state index in [-0.39, 0.29) is 28.9 Å². The molecule has 2 unspecified atom stereocenters. The third kappa shape index (κ3) is 4.61. The van der Waals surface area contributed by atoms with Gasteiger partial charge in [0, 0.05) is 56.2 Å². The van der Waals surface area contributed by atoms with Gasteiger partial charge >= 0.3 is 0 Å². The fourth-order valence-electron chi connectivity index (χ4n) is 5.01. The molecule has 2 fully saturated rings. The number of amides is 1. The number of hydrogen-bond donors (Lipinski definition) is 0. The lowest BCUT2D eigenvalue weighted by atomic mass is 9.92. The van der Waals surface area contributed by atoms with Gasteiger partial charge < -0.3 is 14.2 Å². The lowest BCUT2D eigenvalue weighted by molar-refractivity contribution is 0.0703. The van der Waals surface area contributed by atoms with Gasteiger partial charge in [-0.15, -0.1) is 0 Å². The molecule has 0 saturated carbocycles. The molecule has 0 radical (unpaired) electrons. The molecule has 4 heterocycles. The van der Waals surface area contributed by atoms with E-state index in [0.717, 1.165) is 60.0 Å². The summed E-state index contributed by atoms with van der Waals surface area (Å²) in [6.45, 7) is 4.08. The topological polar surface area (TPSA) is 77.3 Å². The number of pyridine rings is 1. The van der Waals surface area contributed by atoms with E-state index in [1.165, 1.54) is 0 Å². The lowest BCUT2D eigenvalue weighted by Gasteiger charge is -2.33. The molecule has 2 atom stereocenters. The van der Waals surface area contributed by atoms with E-state index in [4.69, 9.17) is 9.72 Å². The number of benzene rings is 1. The molecular weight excluding hydrogens is 448 g/mol. The van der Waals surface area contributed by atoms with E-state index in [1.807, 2.05) is 47.8 Å². The maximum Gasteiger partial charge on any atom is 0.259 e. The van der Waals surface area contributed by atoms with Crippen molar-refractivity contribution in [3.63, 3.8) is 0 Å². The second-order valence-electron chi connectivity index (χ2n) is 9.26. The number of nitrogens with zero attached hydrogens (tertiary/aromatic N) is 4. The molecule has 1 amide bonds. The van der Waals surface area contributed by atoms with Crippen molar-refractivity contribution >= 4 is 28.6 Å². The van der Waals surface area contributed by atoms with Gasteiger partial charge in [0.05, 0.1) is 17.3 Å². The predicted molar refractivity (Wildman–Crippen MR) is 134 cm³/mol. The van der Waals surface area contributed by atoms with E-state index >= 15 is 0 Å². The van der Waals surface area contributed by atoms with Crippen LogP contribution in [0.15, 0.2) is 46.6 Å². The van der Waals surface area contributed by atoms with Crippen LogP contribution in [0, 0.1) is 6.92 Å². The summed E-state index contributed by atoms with van der Waals surface area (Å²) >= 11 is 1.64. The highest BCUT2D eigenvalue weighted by molar-refractivity contribution is 7.99. The second-order valence-corrected chi connectivity index (χ2v) is 10.2. The molecule has 2 aliphatic heterocycles. The van der Waals surface area contributed by atoms with E-state index in [0.29, 0.717) is 18.5 Å². The fraction of sp³-hybridized carbons (Fsp3) is 0.462. The molecule has 5 rings (SSSR count). The highest BCUT2D eigenvalue weighted by atomic mass is 32.2. The van der Waals surface area contributed by atoms with Crippen LogP contribution in [-0.2, 0) is 11.8 Å². The number of thioether (sulfide) groups is 1. The first-order chi connectivity index (χ1) is 16.5. The van der Waals surface area contributed by atoms with Gasteiger partial charge in [-0.2, -0.15) is 0 Å². The van der Waals surface area contributed by atoms with Gasteiger partial charge in [0.1, 0.15) is 5.56 Å². The minimum Gasteiger partial charge on any atom is -0.377 e. The average molecular weight is 479 g/mol. The van der Waals surface area contributed by atoms with Gasteiger partial charge in [-0.1, -0.05) is 23.9 Å². The molecule has 1 aromatic carbocycles. The number of carbonyl (C=O) groups is 1. The highest BCUT2D eigenvalue weighted by Gasteiger charge is 2.29. The third-order valence-corrected chi connectivity index (χ3v) is 7.83. The molecular formula is C26H30N4O3S. The second kappa shape index (κ2) is 9.88. The Hall–Kier alpha value is -2.71. The summed E-state index contributed by atoms with van der Waals surface area (Å²) in [5.41, 5.74) is 2.90. The quantitative estimate of drug-likeness (QED) is 0.409. The Labute approximate surface area is 203 Å². The first kappa shape index (κ1) is 23.1. The van der Waals surface area contributed by atoms with E-state index in [2.05, 4.69) is 4.98 Å². The minimum atomic E-state index is -0.202. The van der Waals surface area contributed by atoms with Gasteiger partial charge in [-0.25, -0.2) is 9.97 Å². The molecule has 0 N–H and O–H groups in total.